The number of nitrogens with zero attached hydrogens (tertiary/aromatic N) is 1. The lowest BCUT2D eigenvalue weighted by Gasteiger charge is -2.30. The number of carbonyl (C=O) groups excluding carboxylic acids is 1. The van der Waals surface area contributed by atoms with Crippen LogP contribution in [0.1, 0.15) is 25.7 Å². The highest BCUT2D eigenvalue weighted by atomic mass is 16.2. The van der Waals surface area contributed by atoms with E-state index in [1.807, 2.05) is 11.9 Å². The van der Waals surface area contributed by atoms with Gasteiger partial charge in [0.2, 0.25) is 5.91 Å². The van der Waals surface area contributed by atoms with Crippen molar-refractivity contribution in [3.05, 3.63) is 12.7 Å². The van der Waals surface area contributed by atoms with E-state index in [1.54, 1.807) is 0 Å². The monoisotopic (exact) mass is 179 g/mol. The van der Waals surface area contributed by atoms with E-state index in [4.69, 9.17) is 0 Å². The molecular weight excluding hydrogens is 162 g/mol. The topological polar surface area (TPSA) is 20.3 Å². The molecule has 0 spiro atoms. The number of hydrogen-bond donors (Lipinski definition) is 0. The zero-order valence-electron chi connectivity index (χ0n) is 8.20. The van der Waals surface area contributed by atoms with Gasteiger partial charge in [0.1, 0.15) is 0 Å². The molecule has 13 heavy (non-hydrogen) atoms. The third kappa shape index (κ3) is 1.38. The van der Waals surface area contributed by atoms with Gasteiger partial charge in [0.15, 0.2) is 0 Å². The van der Waals surface area contributed by atoms with E-state index < -0.39 is 0 Å². The summed E-state index contributed by atoms with van der Waals surface area (Å²) in [5.74, 6) is 1.76. The van der Waals surface area contributed by atoms with Crippen molar-refractivity contribution in [2.75, 3.05) is 7.05 Å². The zero-order valence-corrected chi connectivity index (χ0v) is 8.20. The van der Waals surface area contributed by atoms with Crippen LogP contribution >= 0.6 is 0 Å². The summed E-state index contributed by atoms with van der Waals surface area (Å²) in [6.45, 7) is 3.52. The number of fused-ring (bicyclic) bond motifs is 2. The van der Waals surface area contributed by atoms with E-state index in [9.17, 15) is 4.79 Å². The first-order chi connectivity index (χ1) is 6.22. The average molecular weight is 179 g/mol. The highest BCUT2D eigenvalue weighted by Crippen LogP contribution is 2.46. The Hall–Kier alpha value is -0.790. The second-order valence-corrected chi connectivity index (χ2v) is 4.40. The summed E-state index contributed by atoms with van der Waals surface area (Å²) in [7, 11) is 1.91. The molecule has 2 aliphatic rings. The molecule has 0 N–H and O–H groups in total. The molecule has 0 radical (unpaired) electrons. The van der Waals surface area contributed by atoms with E-state index in [0.29, 0.717) is 6.04 Å². The molecule has 2 fully saturated rings. The smallest absolute Gasteiger partial charge is 0.245 e. The van der Waals surface area contributed by atoms with Gasteiger partial charge in [-0.25, -0.2) is 0 Å². The molecule has 0 aromatic carbocycles. The fourth-order valence-corrected chi connectivity index (χ4v) is 2.99. The van der Waals surface area contributed by atoms with Crippen LogP contribution in [0.3, 0.4) is 0 Å². The molecule has 0 aromatic rings. The first kappa shape index (κ1) is 8.79. The molecule has 1 amide bonds. The summed E-state index contributed by atoms with van der Waals surface area (Å²) in [5.41, 5.74) is 0. The Kier molecular flexibility index (Phi) is 2.14. The minimum absolute atomic E-state index is 0.0811. The van der Waals surface area contributed by atoms with Gasteiger partial charge in [-0.2, -0.15) is 0 Å². The minimum Gasteiger partial charge on any atom is -0.339 e. The maximum atomic E-state index is 11.4. The number of likely N-dealkylation sites (N-methyl/N-ethyl adjacent to an activating group) is 1. The average Bonchev–Trinajstić information content (AvgIpc) is 2.76. The second-order valence-electron chi connectivity index (χ2n) is 4.40. The number of carbonyl (C=O) groups is 1. The molecule has 0 heterocycles. The highest BCUT2D eigenvalue weighted by molar-refractivity contribution is 5.87. The van der Waals surface area contributed by atoms with Gasteiger partial charge in [-0.15, -0.1) is 0 Å². The molecule has 3 unspecified atom stereocenters. The first-order valence-electron chi connectivity index (χ1n) is 5.11. The third-order valence-corrected chi connectivity index (χ3v) is 3.72. The van der Waals surface area contributed by atoms with Crippen LogP contribution in [0.25, 0.3) is 0 Å². The van der Waals surface area contributed by atoms with Crippen LogP contribution in [-0.2, 0) is 4.79 Å². The number of amides is 1. The van der Waals surface area contributed by atoms with Gasteiger partial charge in [0, 0.05) is 13.1 Å². The molecule has 2 rings (SSSR count). The van der Waals surface area contributed by atoms with Crippen molar-refractivity contribution in [2.45, 2.75) is 31.7 Å². The summed E-state index contributed by atoms with van der Waals surface area (Å²) in [6.07, 6.45) is 6.70. The molecular formula is C11H17NO. The van der Waals surface area contributed by atoms with E-state index in [-0.39, 0.29) is 5.91 Å². The van der Waals surface area contributed by atoms with Crippen molar-refractivity contribution in [3.63, 3.8) is 0 Å². The Morgan fingerprint density at radius 2 is 2.23 bits per heavy atom. The maximum absolute atomic E-state index is 11.4. The lowest BCUT2D eigenvalue weighted by Crippen LogP contribution is -2.39. The molecule has 0 saturated heterocycles. The Morgan fingerprint density at radius 1 is 1.46 bits per heavy atom. The molecule has 2 saturated carbocycles. The third-order valence-electron chi connectivity index (χ3n) is 3.72. The van der Waals surface area contributed by atoms with Crippen LogP contribution < -0.4 is 0 Å². The lowest BCUT2D eigenvalue weighted by atomic mass is 9.94. The van der Waals surface area contributed by atoms with Crippen molar-refractivity contribution >= 4 is 5.91 Å². The summed E-state index contributed by atoms with van der Waals surface area (Å²) in [4.78, 5) is 13.3. The predicted molar refractivity (Wildman–Crippen MR) is 52.2 cm³/mol. The van der Waals surface area contributed by atoms with Crippen molar-refractivity contribution in [1.82, 2.24) is 4.90 Å². The van der Waals surface area contributed by atoms with Gasteiger partial charge in [-0.1, -0.05) is 13.0 Å². The summed E-state index contributed by atoms with van der Waals surface area (Å²) >= 11 is 0. The van der Waals surface area contributed by atoms with Crippen molar-refractivity contribution < 1.29 is 4.79 Å². The van der Waals surface area contributed by atoms with E-state index in [1.165, 1.54) is 31.8 Å². The van der Waals surface area contributed by atoms with Crippen LogP contribution in [0.15, 0.2) is 12.7 Å². The Balaban J connectivity index is 2.02. The molecule has 3 atom stereocenters. The van der Waals surface area contributed by atoms with Gasteiger partial charge in [-0.05, 0) is 37.2 Å². The summed E-state index contributed by atoms with van der Waals surface area (Å²) in [6, 6.07) is 0.504. The van der Waals surface area contributed by atoms with Gasteiger partial charge in [-0.3, -0.25) is 4.79 Å². The normalized spacial score (nSPS) is 36.2. The van der Waals surface area contributed by atoms with Gasteiger partial charge in [0.25, 0.3) is 0 Å². The largest absolute Gasteiger partial charge is 0.339 e. The summed E-state index contributed by atoms with van der Waals surface area (Å²) in [5, 5.41) is 0. The Bertz CT molecular complexity index is 236. The first-order valence-corrected chi connectivity index (χ1v) is 5.11. The zero-order chi connectivity index (χ0) is 9.42. The van der Waals surface area contributed by atoms with Gasteiger partial charge < -0.3 is 4.90 Å². The maximum Gasteiger partial charge on any atom is 0.245 e. The van der Waals surface area contributed by atoms with Crippen molar-refractivity contribution in [3.8, 4) is 0 Å². The highest BCUT2D eigenvalue weighted by Gasteiger charge is 2.42. The Labute approximate surface area is 79.6 Å². The van der Waals surface area contributed by atoms with Crippen molar-refractivity contribution in [1.29, 1.82) is 0 Å². The molecule has 72 valence electrons. The van der Waals surface area contributed by atoms with Crippen LogP contribution in [0.5, 0.6) is 0 Å². The van der Waals surface area contributed by atoms with Gasteiger partial charge in [0.05, 0.1) is 0 Å². The summed E-state index contributed by atoms with van der Waals surface area (Å²) < 4.78 is 0. The van der Waals surface area contributed by atoms with E-state index >= 15 is 0 Å². The van der Waals surface area contributed by atoms with Crippen molar-refractivity contribution in [2.24, 2.45) is 11.8 Å². The van der Waals surface area contributed by atoms with E-state index in [0.717, 1.165) is 11.8 Å². The molecule has 0 aliphatic heterocycles. The lowest BCUT2D eigenvalue weighted by molar-refractivity contribution is -0.127. The molecule has 2 nitrogen and oxygen atoms in total. The van der Waals surface area contributed by atoms with Gasteiger partial charge >= 0.3 is 0 Å². The second kappa shape index (κ2) is 3.17. The standard InChI is InChI=1S/C11H17NO/c1-3-11(13)12(2)10-7-8-4-5-9(10)6-8/h3,8-10H,1,4-7H2,2H3. The molecule has 2 aliphatic carbocycles. The predicted octanol–water partition coefficient (Wildman–Crippen LogP) is 1.82. The van der Waals surface area contributed by atoms with E-state index in [2.05, 4.69) is 6.58 Å². The van der Waals surface area contributed by atoms with Crippen LogP contribution in [-0.4, -0.2) is 23.9 Å². The molecule has 0 aromatic heterocycles. The quantitative estimate of drug-likeness (QED) is 0.592. The fraction of sp³-hybridized carbons (Fsp3) is 0.727. The number of hydrogen-bond acceptors (Lipinski definition) is 1. The SMILES string of the molecule is C=CC(=O)N(C)C1CC2CCC1C2. The van der Waals surface area contributed by atoms with Crippen LogP contribution in [0.2, 0.25) is 0 Å². The fourth-order valence-electron chi connectivity index (χ4n) is 2.99. The van der Waals surface area contributed by atoms with Crippen LogP contribution in [0, 0.1) is 11.8 Å². The Morgan fingerprint density at radius 3 is 2.69 bits per heavy atom. The molecule has 2 heteroatoms. The van der Waals surface area contributed by atoms with Crippen LogP contribution in [0.4, 0.5) is 0 Å². The minimum atomic E-state index is 0.0811. The number of rotatable bonds is 2. The molecule has 2 bridgehead atoms.